The summed E-state index contributed by atoms with van der Waals surface area (Å²) in [6.07, 6.45) is 3.70. The van der Waals surface area contributed by atoms with E-state index in [1.807, 2.05) is 12.3 Å². The van der Waals surface area contributed by atoms with Gasteiger partial charge < -0.3 is 5.32 Å². The summed E-state index contributed by atoms with van der Waals surface area (Å²) in [6, 6.07) is 14.6. The van der Waals surface area contributed by atoms with Crippen molar-refractivity contribution in [3.05, 3.63) is 66.0 Å². The van der Waals surface area contributed by atoms with Gasteiger partial charge in [0.1, 0.15) is 0 Å². The van der Waals surface area contributed by atoms with Crippen LogP contribution in [0.25, 0.3) is 0 Å². The van der Waals surface area contributed by atoms with E-state index in [9.17, 15) is 0 Å². The van der Waals surface area contributed by atoms with E-state index in [4.69, 9.17) is 0 Å². The number of nitrogens with zero attached hydrogens (tertiary/aromatic N) is 1. The lowest BCUT2D eigenvalue weighted by Crippen LogP contribution is -2.19. The van der Waals surface area contributed by atoms with Gasteiger partial charge in [0, 0.05) is 25.5 Å². The summed E-state index contributed by atoms with van der Waals surface area (Å²) in [5, 5.41) is 3.46. The summed E-state index contributed by atoms with van der Waals surface area (Å²) in [6.45, 7) is 4.11. The smallest absolute Gasteiger partial charge is 0.0312 e. The largest absolute Gasteiger partial charge is 0.312 e. The summed E-state index contributed by atoms with van der Waals surface area (Å²) in [7, 11) is 0. The molecule has 1 heterocycles. The molecular weight excluding hydrogens is 208 g/mol. The summed E-state index contributed by atoms with van der Waals surface area (Å²) < 4.78 is 0. The van der Waals surface area contributed by atoms with Crippen molar-refractivity contribution in [2.24, 2.45) is 0 Å². The Morgan fingerprint density at radius 3 is 2.65 bits per heavy atom. The molecule has 2 rings (SSSR count). The van der Waals surface area contributed by atoms with E-state index in [0.29, 0.717) is 5.92 Å². The maximum absolute atomic E-state index is 4.10. The van der Waals surface area contributed by atoms with Gasteiger partial charge in [-0.1, -0.05) is 43.3 Å². The molecule has 0 saturated heterocycles. The average molecular weight is 226 g/mol. The van der Waals surface area contributed by atoms with Crippen LogP contribution in [0.3, 0.4) is 0 Å². The molecule has 1 atom stereocenters. The van der Waals surface area contributed by atoms with Crippen molar-refractivity contribution in [3.63, 3.8) is 0 Å². The summed E-state index contributed by atoms with van der Waals surface area (Å²) in [4.78, 5) is 4.10. The van der Waals surface area contributed by atoms with Crippen LogP contribution < -0.4 is 5.32 Å². The fourth-order valence-electron chi connectivity index (χ4n) is 1.84. The number of hydrogen-bond donors (Lipinski definition) is 1. The minimum Gasteiger partial charge on any atom is -0.312 e. The van der Waals surface area contributed by atoms with E-state index in [-0.39, 0.29) is 0 Å². The molecule has 0 fully saturated rings. The molecule has 2 aromatic rings. The van der Waals surface area contributed by atoms with Crippen molar-refractivity contribution in [1.82, 2.24) is 10.3 Å². The highest BCUT2D eigenvalue weighted by Crippen LogP contribution is 2.13. The molecule has 0 spiro atoms. The number of rotatable bonds is 5. The molecule has 0 aliphatic carbocycles. The number of aromatic nitrogens is 1. The quantitative estimate of drug-likeness (QED) is 0.847. The van der Waals surface area contributed by atoms with Crippen molar-refractivity contribution in [2.45, 2.75) is 19.4 Å². The first-order valence-electron chi connectivity index (χ1n) is 6.01. The van der Waals surface area contributed by atoms with Crippen LogP contribution >= 0.6 is 0 Å². The molecule has 17 heavy (non-hydrogen) atoms. The van der Waals surface area contributed by atoms with Crippen LogP contribution in [0.5, 0.6) is 0 Å². The lowest BCUT2D eigenvalue weighted by atomic mass is 10.0. The summed E-state index contributed by atoms with van der Waals surface area (Å²) in [5.74, 6) is 0.535. The molecule has 0 radical (unpaired) electrons. The van der Waals surface area contributed by atoms with Crippen LogP contribution in [-0.2, 0) is 6.54 Å². The Morgan fingerprint density at radius 1 is 1.12 bits per heavy atom. The fraction of sp³-hybridized carbons (Fsp3) is 0.267. The van der Waals surface area contributed by atoms with Crippen molar-refractivity contribution < 1.29 is 0 Å². The number of nitrogens with one attached hydrogen (secondary N) is 1. The van der Waals surface area contributed by atoms with Crippen molar-refractivity contribution in [2.75, 3.05) is 6.54 Å². The lowest BCUT2D eigenvalue weighted by Gasteiger charge is -2.12. The zero-order valence-corrected chi connectivity index (χ0v) is 10.1. The van der Waals surface area contributed by atoms with Crippen LogP contribution in [0.4, 0.5) is 0 Å². The van der Waals surface area contributed by atoms with Gasteiger partial charge in [-0.15, -0.1) is 0 Å². The van der Waals surface area contributed by atoms with Gasteiger partial charge in [0.05, 0.1) is 0 Å². The zero-order valence-electron chi connectivity index (χ0n) is 10.1. The molecule has 1 aromatic heterocycles. The van der Waals surface area contributed by atoms with Crippen LogP contribution in [-0.4, -0.2) is 11.5 Å². The van der Waals surface area contributed by atoms with E-state index in [2.05, 4.69) is 53.6 Å². The molecule has 1 aromatic carbocycles. The molecule has 0 amide bonds. The zero-order chi connectivity index (χ0) is 11.9. The summed E-state index contributed by atoms with van der Waals surface area (Å²) in [5.41, 5.74) is 2.61. The second-order valence-corrected chi connectivity index (χ2v) is 4.30. The predicted molar refractivity (Wildman–Crippen MR) is 70.8 cm³/mol. The molecule has 0 bridgehead atoms. The van der Waals surface area contributed by atoms with E-state index < -0.39 is 0 Å². The highest BCUT2D eigenvalue weighted by atomic mass is 14.9. The Balaban J connectivity index is 1.79. The third-order valence-corrected chi connectivity index (χ3v) is 2.87. The monoisotopic (exact) mass is 226 g/mol. The number of pyridine rings is 1. The Bertz CT molecular complexity index is 425. The first-order chi connectivity index (χ1) is 8.36. The highest BCUT2D eigenvalue weighted by Gasteiger charge is 2.03. The van der Waals surface area contributed by atoms with Crippen molar-refractivity contribution >= 4 is 0 Å². The average Bonchev–Trinajstić information content (AvgIpc) is 2.41. The molecule has 0 aliphatic heterocycles. The van der Waals surface area contributed by atoms with E-state index in [1.54, 1.807) is 6.20 Å². The maximum Gasteiger partial charge on any atom is 0.0312 e. The lowest BCUT2D eigenvalue weighted by molar-refractivity contribution is 0.614. The minimum absolute atomic E-state index is 0.535. The van der Waals surface area contributed by atoms with Gasteiger partial charge >= 0.3 is 0 Å². The highest BCUT2D eigenvalue weighted by molar-refractivity contribution is 5.19. The van der Waals surface area contributed by atoms with Crippen LogP contribution in [0.2, 0.25) is 0 Å². The molecule has 0 unspecified atom stereocenters. The van der Waals surface area contributed by atoms with Crippen LogP contribution in [0, 0.1) is 0 Å². The summed E-state index contributed by atoms with van der Waals surface area (Å²) >= 11 is 0. The van der Waals surface area contributed by atoms with Gasteiger partial charge in [-0.25, -0.2) is 0 Å². The topological polar surface area (TPSA) is 24.9 Å². The van der Waals surface area contributed by atoms with Gasteiger partial charge in [-0.05, 0) is 23.1 Å². The second-order valence-electron chi connectivity index (χ2n) is 4.30. The molecule has 2 nitrogen and oxygen atoms in total. The van der Waals surface area contributed by atoms with E-state index in [1.165, 1.54) is 11.1 Å². The van der Waals surface area contributed by atoms with Crippen LogP contribution in [0.15, 0.2) is 54.9 Å². The van der Waals surface area contributed by atoms with Gasteiger partial charge in [0.15, 0.2) is 0 Å². The Kier molecular flexibility index (Phi) is 4.28. The molecule has 2 heteroatoms. The third-order valence-electron chi connectivity index (χ3n) is 2.87. The Morgan fingerprint density at radius 2 is 1.94 bits per heavy atom. The molecule has 0 aliphatic rings. The third kappa shape index (κ3) is 3.68. The Hall–Kier alpha value is -1.67. The number of hydrogen-bond acceptors (Lipinski definition) is 2. The van der Waals surface area contributed by atoms with Gasteiger partial charge in [-0.2, -0.15) is 0 Å². The van der Waals surface area contributed by atoms with Crippen molar-refractivity contribution in [1.29, 1.82) is 0 Å². The van der Waals surface area contributed by atoms with Crippen LogP contribution in [0.1, 0.15) is 24.0 Å². The fourth-order valence-corrected chi connectivity index (χ4v) is 1.84. The predicted octanol–water partition coefficient (Wildman–Crippen LogP) is 2.97. The molecule has 0 saturated carbocycles. The molecule has 1 N–H and O–H groups in total. The second kappa shape index (κ2) is 6.16. The van der Waals surface area contributed by atoms with Gasteiger partial charge in [0.2, 0.25) is 0 Å². The van der Waals surface area contributed by atoms with Gasteiger partial charge in [-0.3, -0.25) is 4.98 Å². The Labute approximate surface area is 103 Å². The maximum atomic E-state index is 4.10. The normalized spacial score (nSPS) is 12.3. The first kappa shape index (κ1) is 11.8. The minimum atomic E-state index is 0.535. The SMILES string of the molecule is C[C@@H](CNCc1cccnc1)c1ccccc1. The van der Waals surface area contributed by atoms with Crippen molar-refractivity contribution in [3.8, 4) is 0 Å². The molecule has 88 valence electrons. The standard InChI is InChI=1S/C15H18N2/c1-13(15-7-3-2-4-8-15)10-17-12-14-6-5-9-16-11-14/h2-9,11,13,17H,10,12H2,1H3/t13-/m0/s1. The van der Waals surface area contributed by atoms with Gasteiger partial charge in [0.25, 0.3) is 0 Å². The molecular formula is C15H18N2. The van der Waals surface area contributed by atoms with E-state index >= 15 is 0 Å². The van der Waals surface area contributed by atoms with E-state index in [0.717, 1.165) is 13.1 Å². The number of benzene rings is 1. The first-order valence-corrected chi connectivity index (χ1v) is 6.01.